The largest absolute Gasteiger partial charge is 0.494 e. The first-order valence-electron chi connectivity index (χ1n) is 8.88. The van der Waals surface area contributed by atoms with Crippen LogP contribution in [0.15, 0.2) is 42.5 Å². The average Bonchev–Trinajstić information content (AvgIpc) is 2.68. The molecule has 2 rings (SSSR count). The molecule has 0 aliphatic rings. The van der Waals surface area contributed by atoms with Crippen molar-refractivity contribution in [1.29, 1.82) is 0 Å². The number of methoxy groups -OCH3 is 1. The molecule has 0 saturated heterocycles. The van der Waals surface area contributed by atoms with Gasteiger partial charge in [0.1, 0.15) is 11.5 Å². The highest BCUT2D eigenvalue weighted by Gasteiger charge is 2.10. The second-order valence-electron chi connectivity index (χ2n) is 5.93. The molecular weight excluding hydrogens is 346 g/mol. The van der Waals surface area contributed by atoms with E-state index in [4.69, 9.17) is 14.2 Å². The first kappa shape index (κ1) is 20.3. The molecule has 0 heterocycles. The maximum atomic E-state index is 12.1. The van der Waals surface area contributed by atoms with E-state index in [-0.39, 0.29) is 5.91 Å². The van der Waals surface area contributed by atoms with E-state index in [2.05, 4.69) is 5.32 Å². The Morgan fingerprint density at radius 2 is 1.67 bits per heavy atom. The summed E-state index contributed by atoms with van der Waals surface area (Å²) in [4.78, 5) is 23.8. The SMILES string of the molecule is CCOc1ccc(OCCCC(=O)Nc2cc(C(=O)OC)ccc2C)cc1. The Hall–Kier alpha value is -3.02. The molecule has 0 radical (unpaired) electrons. The van der Waals surface area contributed by atoms with Gasteiger partial charge in [-0.1, -0.05) is 6.07 Å². The number of hydrogen-bond acceptors (Lipinski definition) is 5. The van der Waals surface area contributed by atoms with Crippen molar-refractivity contribution in [1.82, 2.24) is 0 Å². The molecule has 27 heavy (non-hydrogen) atoms. The fourth-order valence-corrected chi connectivity index (χ4v) is 2.44. The molecule has 0 fully saturated rings. The molecule has 0 aliphatic carbocycles. The molecule has 2 aromatic carbocycles. The van der Waals surface area contributed by atoms with Crippen molar-refractivity contribution in [3.8, 4) is 11.5 Å². The van der Waals surface area contributed by atoms with Gasteiger partial charge in [0, 0.05) is 12.1 Å². The molecule has 0 saturated carbocycles. The zero-order valence-corrected chi connectivity index (χ0v) is 15.9. The van der Waals surface area contributed by atoms with E-state index in [0.717, 1.165) is 17.1 Å². The summed E-state index contributed by atoms with van der Waals surface area (Å²) in [6.45, 7) is 4.86. The van der Waals surface area contributed by atoms with Gasteiger partial charge < -0.3 is 19.5 Å². The van der Waals surface area contributed by atoms with Crippen molar-refractivity contribution >= 4 is 17.6 Å². The number of amides is 1. The van der Waals surface area contributed by atoms with Gasteiger partial charge in [-0.15, -0.1) is 0 Å². The fourth-order valence-electron chi connectivity index (χ4n) is 2.44. The molecule has 0 aliphatic heterocycles. The van der Waals surface area contributed by atoms with Crippen molar-refractivity contribution in [2.75, 3.05) is 25.6 Å². The number of aryl methyl sites for hydroxylation is 1. The number of ether oxygens (including phenoxy) is 3. The maximum Gasteiger partial charge on any atom is 0.337 e. The third kappa shape index (κ3) is 6.33. The van der Waals surface area contributed by atoms with Crippen LogP contribution in [-0.2, 0) is 9.53 Å². The summed E-state index contributed by atoms with van der Waals surface area (Å²) in [5, 5.41) is 2.83. The number of rotatable bonds is 9. The predicted molar refractivity (Wildman–Crippen MR) is 103 cm³/mol. The summed E-state index contributed by atoms with van der Waals surface area (Å²) in [7, 11) is 1.32. The van der Waals surface area contributed by atoms with Crippen LogP contribution in [0.3, 0.4) is 0 Å². The van der Waals surface area contributed by atoms with E-state index in [1.54, 1.807) is 18.2 Å². The summed E-state index contributed by atoms with van der Waals surface area (Å²) >= 11 is 0. The number of nitrogens with one attached hydrogen (secondary N) is 1. The number of hydrogen-bond donors (Lipinski definition) is 1. The zero-order valence-electron chi connectivity index (χ0n) is 15.9. The Morgan fingerprint density at radius 3 is 2.30 bits per heavy atom. The third-order valence-electron chi connectivity index (χ3n) is 3.88. The minimum atomic E-state index is -0.436. The normalized spacial score (nSPS) is 10.2. The lowest BCUT2D eigenvalue weighted by molar-refractivity contribution is -0.116. The highest BCUT2D eigenvalue weighted by molar-refractivity contribution is 5.95. The van der Waals surface area contributed by atoms with Crippen LogP contribution < -0.4 is 14.8 Å². The maximum absolute atomic E-state index is 12.1. The first-order valence-corrected chi connectivity index (χ1v) is 8.88. The lowest BCUT2D eigenvalue weighted by Crippen LogP contribution is -2.14. The van der Waals surface area contributed by atoms with Crippen molar-refractivity contribution in [3.05, 3.63) is 53.6 Å². The van der Waals surface area contributed by atoms with Gasteiger partial charge in [0.2, 0.25) is 5.91 Å². The van der Waals surface area contributed by atoms with E-state index in [9.17, 15) is 9.59 Å². The van der Waals surface area contributed by atoms with E-state index < -0.39 is 5.97 Å². The minimum absolute atomic E-state index is 0.129. The van der Waals surface area contributed by atoms with Gasteiger partial charge >= 0.3 is 5.97 Å². The second-order valence-corrected chi connectivity index (χ2v) is 5.93. The summed E-state index contributed by atoms with van der Waals surface area (Å²) < 4.78 is 15.7. The average molecular weight is 371 g/mol. The van der Waals surface area contributed by atoms with E-state index in [0.29, 0.717) is 37.3 Å². The van der Waals surface area contributed by atoms with Crippen LogP contribution in [0.1, 0.15) is 35.7 Å². The van der Waals surface area contributed by atoms with Crippen LogP contribution in [-0.4, -0.2) is 32.2 Å². The van der Waals surface area contributed by atoms with Gasteiger partial charge in [-0.05, 0) is 62.2 Å². The molecule has 0 unspecified atom stereocenters. The van der Waals surface area contributed by atoms with Crippen molar-refractivity contribution < 1.29 is 23.8 Å². The fraction of sp³-hybridized carbons (Fsp3) is 0.333. The van der Waals surface area contributed by atoms with Gasteiger partial charge in [-0.2, -0.15) is 0 Å². The molecule has 1 N–H and O–H groups in total. The Kier molecular flexibility index (Phi) is 7.67. The van der Waals surface area contributed by atoms with Gasteiger partial charge in [0.15, 0.2) is 0 Å². The topological polar surface area (TPSA) is 73.9 Å². The van der Waals surface area contributed by atoms with E-state index in [1.807, 2.05) is 38.1 Å². The molecule has 0 aromatic heterocycles. The first-order chi connectivity index (χ1) is 13.0. The smallest absolute Gasteiger partial charge is 0.337 e. The van der Waals surface area contributed by atoms with Gasteiger partial charge in [0.25, 0.3) is 0 Å². The van der Waals surface area contributed by atoms with Crippen LogP contribution in [0, 0.1) is 6.92 Å². The molecule has 1 amide bonds. The van der Waals surface area contributed by atoms with Crippen molar-refractivity contribution in [2.45, 2.75) is 26.7 Å². The highest BCUT2D eigenvalue weighted by atomic mass is 16.5. The number of carbonyl (C=O) groups excluding carboxylic acids is 2. The molecule has 0 atom stereocenters. The van der Waals surface area contributed by atoms with Crippen molar-refractivity contribution in [3.63, 3.8) is 0 Å². The number of benzene rings is 2. The summed E-state index contributed by atoms with van der Waals surface area (Å²) in [6.07, 6.45) is 0.897. The second kappa shape index (κ2) is 10.2. The lowest BCUT2D eigenvalue weighted by atomic mass is 10.1. The molecule has 6 nitrogen and oxygen atoms in total. The quantitative estimate of drug-likeness (QED) is 0.533. The molecule has 0 bridgehead atoms. The van der Waals surface area contributed by atoms with Gasteiger partial charge in [-0.25, -0.2) is 4.79 Å². The summed E-state index contributed by atoms with van der Waals surface area (Å²) in [5.74, 6) is 0.971. The number of carbonyl (C=O) groups is 2. The van der Waals surface area contributed by atoms with Crippen LogP contribution in [0.25, 0.3) is 0 Å². The predicted octanol–water partition coefficient (Wildman–Crippen LogP) is 3.98. The molecule has 6 heteroatoms. The number of anilines is 1. The van der Waals surface area contributed by atoms with Gasteiger partial charge in [-0.3, -0.25) is 4.79 Å². The zero-order chi connectivity index (χ0) is 19.6. The van der Waals surface area contributed by atoms with Crippen molar-refractivity contribution in [2.24, 2.45) is 0 Å². The van der Waals surface area contributed by atoms with Crippen LogP contribution in [0.5, 0.6) is 11.5 Å². The molecule has 2 aromatic rings. The Labute approximate surface area is 159 Å². The lowest BCUT2D eigenvalue weighted by Gasteiger charge is -2.11. The summed E-state index contributed by atoms with van der Waals surface area (Å²) in [6, 6.07) is 12.4. The van der Waals surface area contributed by atoms with E-state index >= 15 is 0 Å². The number of esters is 1. The van der Waals surface area contributed by atoms with Gasteiger partial charge in [0.05, 0.1) is 25.9 Å². The summed E-state index contributed by atoms with van der Waals surface area (Å²) in [5.41, 5.74) is 1.88. The minimum Gasteiger partial charge on any atom is -0.494 e. The molecular formula is C21H25NO5. The van der Waals surface area contributed by atoms with Crippen LogP contribution in [0.4, 0.5) is 5.69 Å². The highest BCUT2D eigenvalue weighted by Crippen LogP contribution is 2.19. The Bertz CT molecular complexity index is 771. The van der Waals surface area contributed by atoms with Crippen LogP contribution in [0.2, 0.25) is 0 Å². The monoisotopic (exact) mass is 371 g/mol. The van der Waals surface area contributed by atoms with Crippen LogP contribution >= 0.6 is 0 Å². The van der Waals surface area contributed by atoms with E-state index in [1.165, 1.54) is 7.11 Å². The Balaban J connectivity index is 1.78. The molecule has 144 valence electrons. The Morgan fingerprint density at radius 1 is 1.00 bits per heavy atom. The molecule has 0 spiro atoms. The standard InChI is InChI=1S/C21H25NO5/c1-4-26-17-9-11-18(12-10-17)27-13-5-6-20(23)22-19-14-16(21(24)25-3)8-7-15(19)2/h7-12,14H,4-6,13H2,1-3H3,(H,22,23). The third-order valence-corrected chi connectivity index (χ3v) is 3.88.